The van der Waals surface area contributed by atoms with Gasteiger partial charge in [-0.1, -0.05) is 24.3 Å². The van der Waals surface area contributed by atoms with Crippen molar-refractivity contribution in [1.82, 2.24) is 0 Å². The maximum atomic E-state index is 12.4. The number of para-hydroxylation sites is 1. The molecule has 1 amide bonds. The van der Waals surface area contributed by atoms with Gasteiger partial charge in [-0.15, -0.1) is 0 Å². The molecule has 1 aromatic heterocycles. The van der Waals surface area contributed by atoms with E-state index in [-0.39, 0.29) is 18.1 Å². The van der Waals surface area contributed by atoms with Gasteiger partial charge in [-0.2, -0.15) is 0 Å². The van der Waals surface area contributed by atoms with Gasteiger partial charge in [0.05, 0.1) is 30.0 Å². The fraction of sp³-hybridized carbons (Fsp3) is 0.136. The third-order valence-corrected chi connectivity index (χ3v) is 4.84. The normalized spacial score (nSPS) is 10.9. The molecule has 0 spiro atoms. The number of nitrogens with zero attached hydrogens (tertiary/aromatic N) is 1. The molecule has 3 aromatic carbocycles. The number of nitro benzene ring substituents is 1. The summed E-state index contributed by atoms with van der Waals surface area (Å²) in [7, 11) is 1.56. The molecule has 4 rings (SSSR count). The predicted molar refractivity (Wildman–Crippen MR) is 115 cm³/mol. The number of rotatable bonds is 6. The molecule has 0 fully saturated rings. The number of amides is 1. The number of carbonyl (C=O) groups is 1. The Morgan fingerprint density at radius 3 is 2.63 bits per heavy atom. The maximum absolute atomic E-state index is 12.4. The number of hydrogen-bond donors (Lipinski definition) is 2. The molecular formula is C22H19N3O5. The van der Waals surface area contributed by atoms with E-state index < -0.39 is 4.92 Å². The smallest absolute Gasteiger partial charge is 0.271 e. The zero-order chi connectivity index (χ0) is 21.3. The summed E-state index contributed by atoms with van der Waals surface area (Å²) in [6.45, 7) is 1.72. The van der Waals surface area contributed by atoms with Gasteiger partial charge in [0.15, 0.2) is 0 Å². The lowest BCUT2D eigenvalue weighted by Crippen LogP contribution is -2.22. The number of non-ortho nitro benzene ring substituents is 1. The Labute approximate surface area is 171 Å². The van der Waals surface area contributed by atoms with E-state index in [9.17, 15) is 14.9 Å². The SMILES string of the molecule is COc1cc2c(cc1NCC(=O)Nc1cc([N+](=O)[O-])ccc1C)oc1ccccc12. The molecule has 0 atom stereocenters. The Balaban J connectivity index is 1.54. The monoisotopic (exact) mass is 405 g/mol. The highest BCUT2D eigenvalue weighted by Crippen LogP contribution is 2.36. The number of ether oxygens (including phenoxy) is 1. The van der Waals surface area contributed by atoms with Crippen molar-refractivity contribution in [3.8, 4) is 5.75 Å². The molecular weight excluding hydrogens is 386 g/mol. The zero-order valence-corrected chi connectivity index (χ0v) is 16.4. The van der Waals surface area contributed by atoms with Crippen LogP contribution in [-0.2, 0) is 4.79 Å². The number of furan rings is 1. The molecule has 0 saturated carbocycles. The van der Waals surface area contributed by atoms with Gasteiger partial charge in [-0.3, -0.25) is 14.9 Å². The van der Waals surface area contributed by atoms with Crippen LogP contribution >= 0.6 is 0 Å². The highest BCUT2D eigenvalue weighted by Gasteiger charge is 2.14. The first-order chi connectivity index (χ1) is 14.5. The second-order valence-corrected chi connectivity index (χ2v) is 6.80. The average molecular weight is 405 g/mol. The number of aryl methyl sites for hydroxylation is 1. The number of carbonyl (C=O) groups excluding carboxylic acids is 1. The molecule has 2 N–H and O–H groups in total. The summed E-state index contributed by atoms with van der Waals surface area (Å²) < 4.78 is 11.4. The van der Waals surface area contributed by atoms with Gasteiger partial charge in [0.25, 0.3) is 5.69 Å². The van der Waals surface area contributed by atoms with Gasteiger partial charge in [-0.05, 0) is 24.6 Å². The number of anilines is 2. The molecule has 0 aliphatic rings. The minimum absolute atomic E-state index is 0.0514. The van der Waals surface area contributed by atoms with E-state index in [0.717, 1.165) is 21.9 Å². The molecule has 1 heterocycles. The van der Waals surface area contributed by atoms with Crippen molar-refractivity contribution in [3.63, 3.8) is 0 Å². The third kappa shape index (κ3) is 3.62. The number of hydrogen-bond acceptors (Lipinski definition) is 6. The van der Waals surface area contributed by atoms with Crippen LogP contribution in [0.1, 0.15) is 5.56 Å². The lowest BCUT2D eigenvalue weighted by Gasteiger charge is -2.12. The quantitative estimate of drug-likeness (QED) is 0.350. The number of methoxy groups -OCH3 is 1. The largest absolute Gasteiger partial charge is 0.495 e. The Morgan fingerprint density at radius 2 is 1.87 bits per heavy atom. The lowest BCUT2D eigenvalue weighted by molar-refractivity contribution is -0.384. The number of nitrogens with one attached hydrogen (secondary N) is 2. The molecule has 0 radical (unpaired) electrons. The van der Waals surface area contributed by atoms with Gasteiger partial charge < -0.3 is 19.8 Å². The van der Waals surface area contributed by atoms with Crippen molar-refractivity contribution >= 4 is 44.9 Å². The standard InChI is InChI=1S/C22H19N3O5/c1-13-7-8-14(25(27)28)9-17(13)24-22(26)12-23-18-11-20-16(10-21(18)29-2)15-5-3-4-6-19(15)30-20/h3-11,23H,12H2,1-2H3,(H,24,26). The van der Waals surface area contributed by atoms with Gasteiger partial charge in [-0.25, -0.2) is 0 Å². The van der Waals surface area contributed by atoms with Crippen molar-refractivity contribution in [2.45, 2.75) is 6.92 Å². The molecule has 0 unspecified atom stereocenters. The van der Waals surface area contributed by atoms with Crippen LogP contribution < -0.4 is 15.4 Å². The molecule has 4 aromatic rings. The van der Waals surface area contributed by atoms with E-state index in [4.69, 9.17) is 9.15 Å². The summed E-state index contributed by atoms with van der Waals surface area (Å²) in [4.78, 5) is 22.9. The molecule has 30 heavy (non-hydrogen) atoms. The molecule has 0 saturated heterocycles. The first-order valence-electron chi connectivity index (χ1n) is 9.24. The summed E-state index contributed by atoms with van der Waals surface area (Å²) in [6, 6.07) is 15.7. The summed E-state index contributed by atoms with van der Waals surface area (Å²) in [5.41, 5.74) is 3.10. The van der Waals surface area contributed by atoms with Gasteiger partial charge >= 0.3 is 0 Å². The molecule has 0 bridgehead atoms. The highest BCUT2D eigenvalue weighted by molar-refractivity contribution is 6.07. The average Bonchev–Trinajstić information content (AvgIpc) is 3.10. The Kier molecular flexibility index (Phi) is 4.97. The van der Waals surface area contributed by atoms with E-state index in [0.29, 0.717) is 22.7 Å². The van der Waals surface area contributed by atoms with Crippen LogP contribution in [0, 0.1) is 17.0 Å². The Bertz CT molecular complexity index is 1280. The van der Waals surface area contributed by atoms with Crippen LogP contribution in [0.5, 0.6) is 5.75 Å². The number of fused-ring (bicyclic) bond motifs is 3. The third-order valence-electron chi connectivity index (χ3n) is 4.84. The number of benzene rings is 3. The molecule has 8 nitrogen and oxygen atoms in total. The molecule has 8 heteroatoms. The summed E-state index contributed by atoms with van der Waals surface area (Å²) >= 11 is 0. The van der Waals surface area contributed by atoms with Crippen molar-refractivity contribution in [2.24, 2.45) is 0 Å². The minimum atomic E-state index is -0.499. The highest BCUT2D eigenvalue weighted by atomic mass is 16.6. The second kappa shape index (κ2) is 7.75. The summed E-state index contributed by atoms with van der Waals surface area (Å²) in [5.74, 6) is 0.235. The van der Waals surface area contributed by atoms with Crippen LogP contribution in [0.15, 0.2) is 59.0 Å². The van der Waals surface area contributed by atoms with Crippen LogP contribution in [0.2, 0.25) is 0 Å². The van der Waals surface area contributed by atoms with E-state index in [1.165, 1.54) is 12.1 Å². The number of nitro groups is 1. The topological polar surface area (TPSA) is 107 Å². The minimum Gasteiger partial charge on any atom is -0.495 e. The zero-order valence-electron chi connectivity index (χ0n) is 16.4. The maximum Gasteiger partial charge on any atom is 0.271 e. The van der Waals surface area contributed by atoms with Crippen molar-refractivity contribution < 1.29 is 18.9 Å². The first kappa shape index (κ1) is 19.3. The van der Waals surface area contributed by atoms with Crippen LogP contribution in [0.4, 0.5) is 17.1 Å². The van der Waals surface area contributed by atoms with E-state index in [2.05, 4.69) is 10.6 Å². The van der Waals surface area contributed by atoms with Crippen molar-refractivity contribution in [3.05, 3.63) is 70.3 Å². The Hall–Kier alpha value is -4.07. The lowest BCUT2D eigenvalue weighted by atomic mass is 10.1. The van der Waals surface area contributed by atoms with Crippen LogP contribution in [0.25, 0.3) is 21.9 Å². The fourth-order valence-corrected chi connectivity index (χ4v) is 3.29. The summed E-state index contributed by atoms with van der Waals surface area (Å²) in [6.07, 6.45) is 0. The van der Waals surface area contributed by atoms with E-state index >= 15 is 0 Å². The first-order valence-corrected chi connectivity index (χ1v) is 9.24. The summed E-state index contributed by atoms with van der Waals surface area (Å²) in [5, 5.41) is 18.6. The predicted octanol–water partition coefficient (Wildman–Crippen LogP) is 4.86. The van der Waals surface area contributed by atoms with Crippen LogP contribution in [0.3, 0.4) is 0 Å². The fourth-order valence-electron chi connectivity index (χ4n) is 3.29. The van der Waals surface area contributed by atoms with E-state index in [1.54, 1.807) is 26.2 Å². The Morgan fingerprint density at radius 1 is 1.07 bits per heavy atom. The van der Waals surface area contributed by atoms with Crippen LogP contribution in [-0.4, -0.2) is 24.5 Å². The second-order valence-electron chi connectivity index (χ2n) is 6.80. The van der Waals surface area contributed by atoms with Gasteiger partial charge in [0.1, 0.15) is 16.9 Å². The van der Waals surface area contributed by atoms with E-state index in [1.807, 2.05) is 30.3 Å². The van der Waals surface area contributed by atoms with Gasteiger partial charge in [0.2, 0.25) is 5.91 Å². The van der Waals surface area contributed by atoms with Crippen molar-refractivity contribution in [1.29, 1.82) is 0 Å². The molecule has 152 valence electrons. The molecule has 0 aliphatic carbocycles. The van der Waals surface area contributed by atoms with Gasteiger partial charge in [0, 0.05) is 29.0 Å². The van der Waals surface area contributed by atoms with Crippen molar-refractivity contribution in [2.75, 3.05) is 24.3 Å². The molecule has 0 aliphatic heterocycles.